The van der Waals surface area contributed by atoms with Crippen molar-refractivity contribution in [2.75, 3.05) is 13.2 Å². The standard InChI is InChI=1S/C16H27NO2/c1-4-19-14-8-6-13(7-9-14)15(11-17)16(18)10-5-12(2)3/h6-9,12,15-16,18H,4-5,10-11,17H2,1-3H3. The Balaban J connectivity index is 2.67. The third-order valence-corrected chi connectivity index (χ3v) is 3.38. The summed E-state index contributed by atoms with van der Waals surface area (Å²) in [5.41, 5.74) is 6.90. The van der Waals surface area contributed by atoms with Crippen LogP contribution in [0.1, 0.15) is 45.1 Å². The number of aliphatic hydroxyl groups is 1. The van der Waals surface area contributed by atoms with Crippen molar-refractivity contribution >= 4 is 0 Å². The zero-order valence-electron chi connectivity index (χ0n) is 12.3. The summed E-state index contributed by atoms with van der Waals surface area (Å²) < 4.78 is 5.42. The zero-order valence-corrected chi connectivity index (χ0v) is 12.3. The minimum atomic E-state index is -0.370. The molecule has 108 valence electrons. The van der Waals surface area contributed by atoms with Crippen molar-refractivity contribution < 1.29 is 9.84 Å². The molecule has 1 aromatic carbocycles. The van der Waals surface area contributed by atoms with Crippen LogP contribution in [0.15, 0.2) is 24.3 Å². The van der Waals surface area contributed by atoms with Gasteiger partial charge in [0.05, 0.1) is 12.7 Å². The molecule has 0 saturated carbocycles. The summed E-state index contributed by atoms with van der Waals surface area (Å²) in [6.45, 7) is 7.43. The van der Waals surface area contributed by atoms with Crippen molar-refractivity contribution in [2.24, 2.45) is 11.7 Å². The lowest BCUT2D eigenvalue weighted by molar-refractivity contribution is 0.129. The largest absolute Gasteiger partial charge is 0.494 e. The highest BCUT2D eigenvalue weighted by atomic mass is 16.5. The molecule has 1 rings (SSSR count). The van der Waals surface area contributed by atoms with Crippen molar-refractivity contribution in [1.82, 2.24) is 0 Å². The van der Waals surface area contributed by atoms with Gasteiger partial charge >= 0.3 is 0 Å². The molecule has 2 unspecified atom stereocenters. The van der Waals surface area contributed by atoms with Crippen LogP contribution in [0, 0.1) is 5.92 Å². The fourth-order valence-corrected chi connectivity index (χ4v) is 2.20. The molecule has 3 N–H and O–H groups in total. The average molecular weight is 265 g/mol. The average Bonchev–Trinajstić information content (AvgIpc) is 2.39. The molecular weight excluding hydrogens is 238 g/mol. The van der Waals surface area contributed by atoms with Gasteiger partial charge in [-0.15, -0.1) is 0 Å². The summed E-state index contributed by atoms with van der Waals surface area (Å²) in [6.07, 6.45) is 1.45. The van der Waals surface area contributed by atoms with Crippen LogP contribution in [-0.4, -0.2) is 24.4 Å². The van der Waals surface area contributed by atoms with Gasteiger partial charge in [0.15, 0.2) is 0 Å². The topological polar surface area (TPSA) is 55.5 Å². The van der Waals surface area contributed by atoms with Crippen LogP contribution in [0.3, 0.4) is 0 Å². The lowest BCUT2D eigenvalue weighted by atomic mass is 9.89. The molecule has 2 atom stereocenters. The lowest BCUT2D eigenvalue weighted by Gasteiger charge is -2.22. The molecule has 3 heteroatoms. The van der Waals surface area contributed by atoms with Crippen LogP contribution in [0.2, 0.25) is 0 Å². The molecule has 0 aliphatic heterocycles. The summed E-state index contributed by atoms with van der Waals surface area (Å²) >= 11 is 0. The highest BCUT2D eigenvalue weighted by Gasteiger charge is 2.19. The molecule has 0 fully saturated rings. The molecule has 0 heterocycles. The molecule has 0 radical (unpaired) electrons. The molecule has 0 aliphatic carbocycles. The van der Waals surface area contributed by atoms with Crippen molar-refractivity contribution in [3.05, 3.63) is 29.8 Å². The second-order valence-electron chi connectivity index (χ2n) is 5.38. The van der Waals surface area contributed by atoms with E-state index in [4.69, 9.17) is 10.5 Å². The minimum absolute atomic E-state index is 0.00873. The SMILES string of the molecule is CCOc1ccc(C(CN)C(O)CCC(C)C)cc1. The number of hydrogen-bond donors (Lipinski definition) is 2. The van der Waals surface area contributed by atoms with Crippen LogP contribution in [0.5, 0.6) is 5.75 Å². The Morgan fingerprint density at radius 3 is 2.26 bits per heavy atom. The highest BCUT2D eigenvalue weighted by molar-refractivity contribution is 5.30. The van der Waals surface area contributed by atoms with E-state index in [0.717, 1.165) is 24.2 Å². The molecule has 0 aromatic heterocycles. The predicted molar refractivity (Wildman–Crippen MR) is 79.5 cm³/mol. The van der Waals surface area contributed by atoms with Crippen LogP contribution >= 0.6 is 0 Å². The zero-order chi connectivity index (χ0) is 14.3. The monoisotopic (exact) mass is 265 g/mol. The second kappa shape index (κ2) is 8.18. The summed E-state index contributed by atoms with van der Waals surface area (Å²) in [5, 5.41) is 10.3. The molecule has 0 bridgehead atoms. The Morgan fingerprint density at radius 2 is 1.79 bits per heavy atom. The quantitative estimate of drug-likeness (QED) is 0.760. The third-order valence-electron chi connectivity index (χ3n) is 3.38. The maximum absolute atomic E-state index is 10.3. The Morgan fingerprint density at radius 1 is 1.16 bits per heavy atom. The summed E-state index contributed by atoms with van der Waals surface area (Å²) in [6, 6.07) is 7.88. The van der Waals surface area contributed by atoms with E-state index in [1.807, 2.05) is 31.2 Å². The van der Waals surface area contributed by atoms with Gasteiger partial charge in [-0.2, -0.15) is 0 Å². The number of ether oxygens (including phenoxy) is 1. The number of rotatable bonds is 8. The first-order chi connectivity index (χ1) is 9.08. The van der Waals surface area contributed by atoms with E-state index >= 15 is 0 Å². The van der Waals surface area contributed by atoms with E-state index in [0.29, 0.717) is 19.1 Å². The third kappa shape index (κ3) is 5.21. The molecule has 0 amide bonds. The van der Waals surface area contributed by atoms with Crippen LogP contribution in [-0.2, 0) is 0 Å². The predicted octanol–water partition coefficient (Wildman–Crippen LogP) is 2.92. The number of aliphatic hydroxyl groups excluding tert-OH is 1. The summed E-state index contributed by atoms with van der Waals surface area (Å²) in [7, 11) is 0. The number of benzene rings is 1. The summed E-state index contributed by atoms with van der Waals surface area (Å²) in [5.74, 6) is 1.47. The normalized spacial score (nSPS) is 14.4. The Labute approximate surface area is 116 Å². The minimum Gasteiger partial charge on any atom is -0.494 e. The van der Waals surface area contributed by atoms with E-state index in [1.165, 1.54) is 0 Å². The van der Waals surface area contributed by atoms with Gasteiger partial charge in [0, 0.05) is 12.5 Å². The molecule has 0 spiro atoms. The maximum Gasteiger partial charge on any atom is 0.119 e. The van der Waals surface area contributed by atoms with Gasteiger partial charge in [-0.25, -0.2) is 0 Å². The molecular formula is C16H27NO2. The van der Waals surface area contributed by atoms with Gasteiger partial charge in [0.1, 0.15) is 5.75 Å². The van der Waals surface area contributed by atoms with Crippen LogP contribution < -0.4 is 10.5 Å². The van der Waals surface area contributed by atoms with Crippen molar-refractivity contribution in [3.8, 4) is 5.75 Å². The molecule has 3 nitrogen and oxygen atoms in total. The Kier molecular flexibility index (Phi) is 6.89. The molecule has 0 saturated heterocycles. The highest BCUT2D eigenvalue weighted by Crippen LogP contribution is 2.25. The summed E-state index contributed by atoms with van der Waals surface area (Å²) in [4.78, 5) is 0. The second-order valence-corrected chi connectivity index (χ2v) is 5.38. The fourth-order valence-electron chi connectivity index (χ4n) is 2.20. The maximum atomic E-state index is 10.3. The Bertz CT molecular complexity index is 348. The van der Waals surface area contributed by atoms with Gasteiger partial charge in [-0.3, -0.25) is 0 Å². The molecule has 1 aromatic rings. The van der Waals surface area contributed by atoms with E-state index in [1.54, 1.807) is 0 Å². The van der Waals surface area contributed by atoms with E-state index in [-0.39, 0.29) is 12.0 Å². The Hall–Kier alpha value is -1.06. The smallest absolute Gasteiger partial charge is 0.119 e. The first-order valence-corrected chi connectivity index (χ1v) is 7.19. The van der Waals surface area contributed by atoms with E-state index in [9.17, 15) is 5.11 Å². The van der Waals surface area contributed by atoms with Crippen LogP contribution in [0.25, 0.3) is 0 Å². The van der Waals surface area contributed by atoms with Crippen LogP contribution in [0.4, 0.5) is 0 Å². The number of hydrogen-bond acceptors (Lipinski definition) is 3. The van der Waals surface area contributed by atoms with Gasteiger partial charge in [-0.1, -0.05) is 26.0 Å². The van der Waals surface area contributed by atoms with Gasteiger partial charge < -0.3 is 15.6 Å². The van der Waals surface area contributed by atoms with E-state index < -0.39 is 0 Å². The van der Waals surface area contributed by atoms with E-state index in [2.05, 4.69) is 13.8 Å². The van der Waals surface area contributed by atoms with Gasteiger partial charge in [-0.05, 0) is 43.4 Å². The van der Waals surface area contributed by atoms with Crippen molar-refractivity contribution in [2.45, 2.75) is 45.6 Å². The fraction of sp³-hybridized carbons (Fsp3) is 0.625. The first kappa shape index (κ1) is 16.0. The van der Waals surface area contributed by atoms with Crippen molar-refractivity contribution in [3.63, 3.8) is 0 Å². The molecule has 0 aliphatic rings. The van der Waals surface area contributed by atoms with Crippen molar-refractivity contribution in [1.29, 1.82) is 0 Å². The first-order valence-electron chi connectivity index (χ1n) is 7.19. The van der Waals surface area contributed by atoms with Gasteiger partial charge in [0.25, 0.3) is 0 Å². The lowest BCUT2D eigenvalue weighted by Crippen LogP contribution is -2.26. The number of nitrogens with two attached hydrogens (primary N) is 1. The van der Waals surface area contributed by atoms with Gasteiger partial charge in [0.2, 0.25) is 0 Å². The molecule has 19 heavy (non-hydrogen) atoms.